The fourth-order valence-electron chi connectivity index (χ4n) is 22.9. The van der Waals surface area contributed by atoms with Crippen LogP contribution in [0.1, 0.15) is 191 Å². The minimum Gasteiger partial charge on any atom is -0.432 e. The van der Waals surface area contributed by atoms with Crippen LogP contribution in [0.2, 0.25) is 0 Å². The molecule has 13 rings (SSSR count). The van der Waals surface area contributed by atoms with Gasteiger partial charge in [0.25, 0.3) is 0 Å². The van der Waals surface area contributed by atoms with Crippen LogP contribution in [0.3, 0.4) is 0 Å². The van der Waals surface area contributed by atoms with Crippen molar-refractivity contribution in [1.29, 1.82) is 0 Å². The molecule has 42 nitrogen and oxygen atoms in total. The van der Waals surface area contributed by atoms with E-state index in [1.807, 2.05) is 0 Å². The van der Waals surface area contributed by atoms with E-state index >= 15 is 4.79 Å². The minimum atomic E-state index is -2.14. The first-order valence-electron chi connectivity index (χ1n) is 46.0. The molecule has 0 amide bonds. The van der Waals surface area contributed by atoms with E-state index in [0.29, 0.717) is 44.3 Å². The number of unbranched alkanes of at least 4 members (excludes halogenated alkanes) is 8. The molecule has 0 radical (unpaired) electrons. The van der Waals surface area contributed by atoms with Gasteiger partial charge in [-0.1, -0.05) is 111 Å². The van der Waals surface area contributed by atoms with Crippen molar-refractivity contribution in [2.45, 2.75) is 418 Å². The van der Waals surface area contributed by atoms with Crippen LogP contribution in [0, 0.1) is 50.2 Å². The van der Waals surface area contributed by atoms with Crippen LogP contribution in [-0.2, 0) is 99.8 Å². The highest BCUT2D eigenvalue weighted by Crippen LogP contribution is 2.76. The lowest BCUT2D eigenvalue weighted by Crippen LogP contribution is -2.70. The average molecular weight is 1870 g/mol. The summed E-state index contributed by atoms with van der Waals surface area (Å²) in [6.45, 7) is 14.3. The molecule has 0 aromatic rings. The smallest absolute Gasteiger partial charge is 0.373 e. The summed E-state index contributed by atoms with van der Waals surface area (Å²) in [5.74, 6) is -1.99. The predicted molar refractivity (Wildman–Crippen MR) is 438 cm³/mol. The van der Waals surface area contributed by atoms with Crippen LogP contribution in [0.5, 0.6) is 0 Å². The fraction of sp³-hybridized carbons (Fsp3) is 0.932. The molecule has 8 saturated heterocycles. The van der Waals surface area contributed by atoms with Gasteiger partial charge in [-0.05, 0) is 124 Å². The van der Waals surface area contributed by atoms with Gasteiger partial charge in [0, 0.05) is 6.42 Å². The number of aldehydes is 1. The molecule has 0 spiro atoms. The lowest BCUT2D eigenvalue weighted by atomic mass is 9.33. The molecule has 22 N–H and O–H groups in total. The molecule has 748 valence electrons. The van der Waals surface area contributed by atoms with Crippen molar-refractivity contribution >= 4 is 24.2 Å². The van der Waals surface area contributed by atoms with Crippen molar-refractivity contribution in [3.05, 3.63) is 11.6 Å². The average Bonchev–Trinajstić information content (AvgIpc) is 0.730. The standard InChI is InChI=1S/C74H119NO38.C13H26O.CO2/c1-27-41(84)44(87)48(91)61(102-27)110-55-40(75)34(19-76)104-65(57(55)112-62-50(93)46(89)52(28(2)103-62)107-60-51(94)53(32(81)22-99-60)108-66-58(95)73(97,25-79)26-101-66)113-67(96)74-16-15-68(3,4)17-30(74)29-9-10-37-69(5)13-12-39(70(6,24-78)36(69)11-14-71(37,7)72(29,8)18-38(74)83)106-64-56(111-63-49(92)45(88)43(86)35(20-77)105-63)54(33(82)23-100-64)109-59-47(90)42(85)31(80)21-98-59;1-3-4-5-6-7-8-9-10-11-12-13(2)14;2-1-3/h9,24,27-28,30-66,76-77,79-95,97H,10-23,25-26,75H2,1-8H3;3-12H2,1-2H3;/t27?,28?,30?,31-,32-,33-,34?,35?,36-,37?,38?,39+,40+,41+,42+,43+,44+,45+,46?,47?,48?,49?,50+,51-,52+,53?,54+,55?,56?,57-,58?,59+,60+,61+,62+,63+,64+,65+,66+,69?,70-,71+,72-,73+,74-;;/m1../s1. The number of nitrogens with two attached hydrogens (primary N) is 1. The summed E-state index contributed by atoms with van der Waals surface area (Å²) in [4.78, 5) is 57.4. The summed E-state index contributed by atoms with van der Waals surface area (Å²) in [7, 11) is 0. The molecule has 8 heterocycles. The lowest BCUT2D eigenvalue weighted by Gasteiger charge is -2.71. The third kappa shape index (κ3) is 21.5. The largest absolute Gasteiger partial charge is 0.432 e. The summed E-state index contributed by atoms with van der Waals surface area (Å²) in [5, 5.41) is 221. The SMILES string of the molecule is CC1O[C@@H](O[C@@H]2C(O[C@@H]3OC(C)[C@H](O)[C@H](O)C3O)[C@@H](N)C(CO)O[C@H]2OC(=O)[C@]23CCC(C)(C)CC2C2=CCC4C5(C)CC[C@H](O[C@@H]6OC[C@@H](O)[C@H](O[C@@H]7OC[C@@H](O)[C@H](O)C7O)C6O[C@@H]6OC(CO)[C@H](O)[C@H](O)C6O)[C@](C)(C=O)[C@@H]5CC[C@]4(C)[C@]2(C)CC3O)[C@@H](O)C(O)[C@H]1O[C@@H]1OC[C@@H](O)C(O[C@@H]2OC[C@@](O)(CO)C2O)[C@H]1O.CCCCCCCCCCCC(C)=O.O=C=O. The molecule has 8 aliphatic heterocycles. The number of carbonyl (C=O) groups is 3. The third-order valence-corrected chi connectivity index (χ3v) is 31.1. The number of aliphatic hydroxyl groups is 20. The molecule has 0 aromatic carbocycles. The number of ether oxygens (including phenoxy) is 16. The Bertz CT molecular complexity index is 3700. The first kappa shape index (κ1) is 107. The number of ketones is 1. The summed E-state index contributed by atoms with van der Waals surface area (Å²) in [6.07, 6.45) is -40.9. The van der Waals surface area contributed by atoms with Crippen molar-refractivity contribution in [3.63, 3.8) is 0 Å². The van der Waals surface area contributed by atoms with E-state index in [1.54, 1.807) is 13.8 Å². The van der Waals surface area contributed by atoms with Crippen LogP contribution in [-0.4, -0.2) is 399 Å². The second-order valence-corrected chi connectivity index (χ2v) is 40.0. The van der Waals surface area contributed by atoms with Gasteiger partial charge < -0.3 is 193 Å². The van der Waals surface area contributed by atoms with Crippen molar-refractivity contribution in [3.8, 4) is 0 Å². The number of allylic oxidation sites excluding steroid dienone is 2. The first-order chi connectivity index (χ1) is 61.3. The van der Waals surface area contributed by atoms with Gasteiger partial charge in [-0.15, -0.1) is 0 Å². The second kappa shape index (κ2) is 44.3. The van der Waals surface area contributed by atoms with Gasteiger partial charge in [-0.2, -0.15) is 9.59 Å². The Morgan fingerprint density at radius 2 is 1.02 bits per heavy atom. The normalized spacial score (nSPS) is 49.3. The van der Waals surface area contributed by atoms with Gasteiger partial charge in [0.05, 0.1) is 82.1 Å². The molecular weight excluding hydrogens is 1730 g/mol. The third-order valence-electron chi connectivity index (χ3n) is 31.1. The molecule has 4 saturated carbocycles. The van der Waals surface area contributed by atoms with Gasteiger partial charge in [-0.3, -0.25) is 4.79 Å². The molecular formula is C88H145NO41. The summed E-state index contributed by atoms with van der Waals surface area (Å²) < 4.78 is 97.5. The van der Waals surface area contributed by atoms with Crippen LogP contribution in [0.25, 0.3) is 0 Å². The van der Waals surface area contributed by atoms with E-state index < -0.39 is 323 Å². The van der Waals surface area contributed by atoms with Crippen molar-refractivity contribution < 1.29 is 202 Å². The molecule has 130 heavy (non-hydrogen) atoms. The van der Waals surface area contributed by atoms with Crippen LogP contribution in [0.4, 0.5) is 0 Å². The van der Waals surface area contributed by atoms with Crippen LogP contribution >= 0.6 is 0 Å². The Kier molecular flexibility index (Phi) is 36.4. The monoisotopic (exact) mass is 1870 g/mol. The highest BCUT2D eigenvalue weighted by molar-refractivity contribution is 5.80. The zero-order valence-electron chi connectivity index (χ0n) is 75.7. The molecule has 0 bridgehead atoms. The quantitative estimate of drug-likeness (QED) is 0.0107. The Morgan fingerprint density at radius 3 is 1.62 bits per heavy atom. The van der Waals surface area contributed by atoms with E-state index in [2.05, 4.69) is 47.6 Å². The highest BCUT2D eigenvalue weighted by Gasteiger charge is 2.73. The zero-order valence-corrected chi connectivity index (χ0v) is 75.7. The summed E-state index contributed by atoms with van der Waals surface area (Å²) in [5.41, 5.74) is -0.0833. The summed E-state index contributed by atoms with van der Waals surface area (Å²) >= 11 is 0. The first-order valence-corrected chi connectivity index (χ1v) is 46.0. The fourth-order valence-corrected chi connectivity index (χ4v) is 22.9. The minimum absolute atomic E-state index is 0.0115. The Balaban J connectivity index is 0.000000873. The number of hydrogen-bond donors (Lipinski definition) is 21. The molecule has 13 aliphatic rings. The van der Waals surface area contributed by atoms with Gasteiger partial charge in [0.1, 0.15) is 157 Å². The number of fused-ring (bicyclic) bond motifs is 7. The highest BCUT2D eigenvalue weighted by atomic mass is 16.8. The zero-order chi connectivity index (χ0) is 95.6. The van der Waals surface area contributed by atoms with Crippen molar-refractivity contribution in [2.75, 3.05) is 46.2 Å². The van der Waals surface area contributed by atoms with Crippen LogP contribution in [0.15, 0.2) is 11.6 Å². The maximum absolute atomic E-state index is 16.3. The molecule has 16 unspecified atom stereocenters. The van der Waals surface area contributed by atoms with Gasteiger partial charge in [0.15, 0.2) is 50.1 Å². The van der Waals surface area contributed by atoms with Crippen LogP contribution < -0.4 is 5.73 Å². The number of esters is 1. The van der Waals surface area contributed by atoms with E-state index in [4.69, 9.17) is 91.1 Å². The second-order valence-electron chi connectivity index (χ2n) is 40.0. The number of rotatable bonds is 30. The summed E-state index contributed by atoms with van der Waals surface area (Å²) in [6, 6.07) is -1.51. The Labute approximate surface area is 755 Å². The maximum atomic E-state index is 16.3. The van der Waals surface area contributed by atoms with E-state index in [1.165, 1.54) is 65.2 Å². The Morgan fingerprint density at radius 1 is 0.508 bits per heavy atom. The van der Waals surface area contributed by atoms with E-state index in [-0.39, 0.29) is 31.3 Å². The van der Waals surface area contributed by atoms with Crippen molar-refractivity contribution in [2.24, 2.45) is 56.0 Å². The lowest BCUT2D eigenvalue weighted by molar-refractivity contribution is -0.385. The molecule has 12 fully saturated rings. The topological polar surface area (TPSA) is 664 Å². The predicted octanol–water partition coefficient (Wildman–Crippen LogP) is -4.10. The number of aliphatic hydroxyl groups excluding tert-OH is 19. The van der Waals surface area contributed by atoms with Gasteiger partial charge >= 0.3 is 12.1 Å². The number of hydrogen-bond acceptors (Lipinski definition) is 42. The van der Waals surface area contributed by atoms with E-state index in [0.717, 1.165) is 24.7 Å². The Hall–Kier alpha value is -3.51. The maximum Gasteiger partial charge on any atom is 0.373 e. The molecule has 0 aromatic heterocycles. The van der Waals surface area contributed by atoms with E-state index in [9.17, 15) is 112 Å². The van der Waals surface area contributed by atoms with Crippen molar-refractivity contribution in [1.82, 2.24) is 0 Å². The molecule has 5 aliphatic carbocycles. The molecule has 45 atom stereocenters. The van der Waals surface area contributed by atoms with Gasteiger partial charge in [0.2, 0.25) is 6.29 Å². The number of Topliss-reactive ketones (excluding diaryl/α,β-unsaturated/α-hetero) is 1. The van der Waals surface area contributed by atoms with Gasteiger partial charge in [-0.25, -0.2) is 0 Å². The number of carbonyl (C=O) groups excluding carboxylic acids is 5. The molecule has 42 heteroatoms.